The van der Waals surface area contributed by atoms with Gasteiger partial charge in [-0.15, -0.1) is 25.6 Å². The number of halogens is 4. The van der Waals surface area contributed by atoms with Gasteiger partial charge in [-0.2, -0.15) is 0 Å². The quantitative estimate of drug-likeness (QED) is 0.801. The Morgan fingerprint density at radius 1 is 0.833 bits per heavy atom. The van der Waals surface area contributed by atoms with Crippen molar-refractivity contribution in [3.05, 3.63) is 65.2 Å². The van der Waals surface area contributed by atoms with Gasteiger partial charge in [0, 0.05) is 0 Å². The van der Waals surface area contributed by atoms with Crippen LogP contribution in [0.15, 0.2) is 48.5 Å². The molecule has 0 aromatic heterocycles. The maximum atomic E-state index is 12.2. The lowest BCUT2D eigenvalue weighted by Crippen LogP contribution is -2.17. The third kappa shape index (κ3) is 5.42. The number of rotatable bonds is 3. The average Bonchev–Trinajstić information content (AvgIpc) is 2.45. The van der Waals surface area contributed by atoms with Crippen molar-refractivity contribution in [3.63, 3.8) is 0 Å². The fourth-order valence-corrected chi connectivity index (χ4v) is 2.26. The molecule has 1 atom stereocenters. The van der Waals surface area contributed by atoms with Crippen molar-refractivity contribution in [1.82, 2.24) is 0 Å². The standard InChI is InChI=1S/C18H20F3NO.ClH/c1-17(2,3)14-8-4-12(5-9-14)16(22)13-6-10-15(11-7-13)23-18(19,20)21;/h4-11,16H,22H2,1-3H3;1H/t16-;/m0./s1. The molecule has 0 saturated carbocycles. The molecule has 0 radical (unpaired) electrons. The Hall–Kier alpha value is -1.72. The van der Waals surface area contributed by atoms with E-state index in [1.807, 2.05) is 24.3 Å². The van der Waals surface area contributed by atoms with Crippen molar-refractivity contribution in [1.29, 1.82) is 0 Å². The van der Waals surface area contributed by atoms with Crippen molar-refractivity contribution >= 4 is 12.4 Å². The fourth-order valence-electron chi connectivity index (χ4n) is 2.26. The first-order valence-electron chi connectivity index (χ1n) is 7.28. The van der Waals surface area contributed by atoms with Crippen LogP contribution < -0.4 is 10.5 Å². The first-order valence-corrected chi connectivity index (χ1v) is 7.28. The highest BCUT2D eigenvalue weighted by Gasteiger charge is 2.31. The number of hydrogen-bond donors (Lipinski definition) is 1. The number of nitrogens with two attached hydrogens (primary N) is 1. The van der Waals surface area contributed by atoms with Gasteiger partial charge in [0.25, 0.3) is 0 Å². The molecule has 0 heterocycles. The number of hydrogen-bond acceptors (Lipinski definition) is 2. The van der Waals surface area contributed by atoms with Crippen molar-refractivity contribution < 1.29 is 17.9 Å². The summed E-state index contributed by atoms with van der Waals surface area (Å²) in [6, 6.07) is 13.2. The number of benzene rings is 2. The van der Waals surface area contributed by atoms with E-state index in [0.29, 0.717) is 0 Å². The van der Waals surface area contributed by atoms with E-state index in [-0.39, 0.29) is 23.6 Å². The maximum absolute atomic E-state index is 12.2. The van der Waals surface area contributed by atoms with Gasteiger partial charge in [-0.1, -0.05) is 57.2 Å². The molecule has 2 N–H and O–H groups in total. The minimum atomic E-state index is -4.69. The molecule has 132 valence electrons. The zero-order valence-corrected chi connectivity index (χ0v) is 14.5. The molecule has 0 unspecified atom stereocenters. The van der Waals surface area contributed by atoms with Crippen LogP contribution in [0, 0.1) is 0 Å². The molecule has 0 aliphatic carbocycles. The molecule has 2 aromatic carbocycles. The van der Waals surface area contributed by atoms with Crippen molar-refractivity contribution in [2.24, 2.45) is 5.73 Å². The molecule has 2 aromatic rings. The van der Waals surface area contributed by atoms with Gasteiger partial charge in [0.15, 0.2) is 0 Å². The van der Waals surface area contributed by atoms with E-state index in [1.165, 1.54) is 17.7 Å². The Morgan fingerprint density at radius 2 is 1.25 bits per heavy atom. The van der Waals surface area contributed by atoms with E-state index in [4.69, 9.17) is 5.73 Å². The van der Waals surface area contributed by atoms with Crippen LogP contribution in [0.1, 0.15) is 43.5 Å². The zero-order chi connectivity index (χ0) is 17.3. The zero-order valence-electron chi connectivity index (χ0n) is 13.7. The van der Waals surface area contributed by atoms with Crippen LogP contribution in [0.4, 0.5) is 13.2 Å². The van der Waals surface area contributed by atoms with Gasteiger partial charge in [0.1, 0.15) is 5.75 Å². The minimum Gasteiger partial charge on any atom is -0.406 e. The topological polar surface area (TPSA) is 35.2 Å². The maximum Gasteiger partial charge on any atom is 0.573 e. The molecule has 0 amide bonds. The number of ether oxygens (including phenoxy) is 1. The summed E-state index contributed by atoms with van der Waals surface area (Å²) < 4.78 is 40.3. The first kappa shape index (κ1) is 20.3. The van der Waals surface area contributed by atoms with Gasteiger partial charge in [0.05, 0.1) is 6.04 Å². The molecule has 0 aliphatic rings. The van der Waals surface area contributed by atoms with Crippen LogP contribution in [0.2, 0.25) is 0 Å². The molecule has 6 heteroatoms. The van der Waals surface area contributed by atoms with Gasteiger partial charge in [-0.05, 0) is 34.2 Å². The van der Waals surface area contributed by atoms with Crippen LogP contribution in [-0.4, -0.2) is 6.36 Å². The lowest BCUT2D eigenvalue weighted by atomic mass is 9.86. The molecule has 2 rings (SSSR count). The molecule has 0 saturated heterocycles. The SMILES string of the molecule is CC(C)(C)c1ccc([C@H](N)c2ccc(OC(F)(F)F)cc2)cc1.Cl. The lowest BCUT2D eigenvalue weighted by Gasteiger charge is -2.20. The summed E-state index contributed by atoms with van der Waals surface area (Å²) in [6.07, 6.45) is -4.69. The van der Waals surface area contributed by atoms with Crippen LogP contribution >= 0.6 is 12.4 Å². The summed E-state index contributed by atoms with van der Waals surface area (Å²) in [6.45, 7) is 6.38. The Balaban J connectivity index is 0.00000288. The second-order valence-corrected chi connectivity index (χ2v) is 6.47. The average molecular weight is 360 g/mol. The highest BCUT2D eigenvalue weighted by Crippen LogP contribution is 2.28. The molecule has 2 nitrogen and oxygen atoms in total. The van der Waals surface area contributed by atoms with Crippen LogP contribution in [-0.2, 0) is 5.41 Å². The first-order chi connectivity index (χ1) is 10.6. The molecule has 24 heavy (non-hydrogen) atoms. The summed E-state index contributed by atoms with van der Waals surface area (Å²) in [7, 11) is 0. The van der Waals surface area contributed by atoms with E-state index in [9.17, 15) is 13.2 Å². The molecule has 0 aliphatic heterocycles. The molecular formula is C18H21ClF3NO. The van der Waals surface area contributed by atoms with E-state index in [1.54, 1.807) is 12.1 Å². The monoisotopic (exact) mass is 359 g/mol. The lowest BCUT2D eigenvalue weighted by molar-refractivity contribution is -0.274. The van der Waals surface area contributed by atoms with Gasteiger partial charge in [0.2, 0.25) is 0 Å². The Labute approximate surface area is 146 Å². The van der Waals surface area contributed by atoms with Crippen molar-refractivity contribution in [2.75, 3.05) is 0 Å². The van der Waals surface area contributed by atoms with E-state index < -0.39 is 12.4 Å². The molecule has 0 fully saturated rings. The second kappa shape index (κ2) is 7.45. The highest BCUT2D eigenvalue weighted by atomic mass is 35.5. The molecule has 0 bridgehead atoms. The normalized spacial score (nSPS) is 13.1. The highest BCUT2D eigenvalue weighted by molar-refractivity contribution is 5.85. The fraction of sp³-hybridized carbons (Fsp3) is 0.333. The van der Waals surface area contributed by atoms with Crippen LogP contribution in [0.5, 0.6) is 5.75 Å². The summed E-state index contributed by atoms with van der Waals surface area (Å²) in [5.74, 6) is -0.253. The van der Waals surface area contributed by atoms with E-state index in [2.05, 4.69) is 25.5 Å². The summed E-state index contributed by atoms with van der Waals surface area (Å²) in [5.41, 5.74) is 9.07. The third-order valence-corrected chi connectivity index (χ3v) is 3.61. The summed E-state index contributed by atoms with van der Waals surface area (Å²) in [5, 5.41) is 0. The van der Waals surface area contributed by atoms with Crippen LogP contribution in [0.3, 0.4) is 0 Å². The number of alkyl halides is 3. The van der Waals surface area contributed by atoms with E-state index in [0.717, 1.165) is 11.1 Å². The molecule has 0 spiro atoms. The molecular weight excluding hydrogens is 339 g/mol. The summed E-state index contributed by atoms with van der Waals surface area (Å²) >= 11 is 0. The summed E-state index contributed by atoms with van der Waals surface area (Å²) in [4.78, 5) is 0. The Bertz CT molecular complexity index is 646. The Kier molecular flexibility index (Phi) is 6.31. The predicted molar refractivity (Wildman–Crippen MR) is 91.5 cm³/mol. The third-order valence-electron chi connectivity index (χ3n) is 3.61. The van der Waals surface area contributed by atoms with Gasteiger partial charge in [-0.25, -0.2) is 0 Å². The predicted octanol–water partition coefficient (Wildman–Crippen LogP) is 5.35. The van der Waals surface area contributed by atoms with Crippen molar-refractivity contribution in [3.8, 4) is 5.75 Å². The second-order valence-electron chi connectivity index (χ2n) is 6.47. The van der Waals surface area contributed by atoms with Gasteiger partial charge in [-0.3, -0.25) is 0 Å². The Morgan fingerprint density at radius 3 is 1.62 bits per heavy atom. The van der Waals surface area contributed by atoms with E-state index >= 15 is 0 Å². The smallest absolute Gasteiger partial charge is 0.406 e. The van der Waals surface area contributed by atoms with Gasteiger partial charge < -0.3 is 10.5 Å². The minimum absolute atomic E-state index is 0. The van der Waals surface area contributed by atoms with Gasteiger partial charge >= 0.3 is 6.36 Å². The van der Waals surface area contributed by atoms with Crippen LogP contribution in [0.25, 0.3) is 0 Å². The van der Waals surface area contributed by atoms with Crippen molar-refractivity contribution in [2.45, 2.75) is 38.6 Å². The largest absolute Gasteiger partial charge is 0.573 e.